The zero-order valence-corrected chi connectivity index (χ0v) is 19.4. The molecule has 0 aliphatic heterocycles. The molecule has 1 atom stereocenters. The van der Waals surface area contributed by atoms with E-state index >= 15 is 0 Å². The summed E-state index contributed by atoms with van der Waals surface area (Å²) >= 11 is 0. The van der Waals surface area contributed by atoms with Gasteiger partial charge in [0.05, 0.1) is 12.8 Å². The number of nitrogens with zero attached hydrogens (tertiary/aromatic N) is 2. The van der Waals surface area contributed by atoms with Crippen LogP contribution in [0.2, 0.25) is 0 Å². The summed E-state index contributed by atoms with van der Waals surface area (Å²) < 4.78 is 38.1. The summed E-state index contributed by atoms with van der Waals surface area (Å²) in [4.78, 5) is 27.8. The van der Waals surface area contributed by atoms with Gasteiger partial charge in [0.2, 0.25) is 21.8 Å². The lowest BCUT2D eigenvalue weighted by Gasteiger charge is -2.32. The van der Waals surface area contributed by atoms with Gasteiger partial charge in [-0.15, -0.1) is 0 Å². The fraction of sp³-hybridized carbons (Fsp3) is 0.391. The summed E-state index contributed by atoms with van der Waals surface area (Å²) in [5.74, 6) is -1.32. The predicted molar refractivity (Wildman–Crippen MR) is 122 cm³/mol. The van der Waals surface area contributed by atoms with Gasteiger partial charge >= 0.3 is 0 Å². The van der Waals surface area contributed by atoms with Crippen LogP contribution in [0.15, 0.2) is 54.6 Å². The molecule has 0 aromatic heterocycles. The fourth-order valence-electron chi connectivity index (χ4n) is 3.10. The molecule has 0 aliphatic rings. The van der Waals surface area contributed by atoms with Gasteiger partial charge in [-0.25, -0.2) is 12.8 Å². The maximum Gasteiger partial charge on any atom is 0.247 e. The van der Waals surface area contributed by atoms with Gasteiger partial charge in [-0.1, -0.05) is 55.8 Å². The van der Waals surface area contributed by atoms with Gasteiger partial charge in [0.1, 0.15) is 11.9 Å². The molecule has 0 fully saturated rings. The first-order chi connectivity index (χ1) is 15.1. The fourth-order valence-corrected chi connectivity index (χ4v) is 3.45. The van der Waals surface area contributed by atoms with E-state index in [1.165, 1.54) is 36.2 Å². The highest BCUT2D eigenvalue weighted by Crippen LogP contribution is 2.24. The summed E-state index contributed by atoms with van der Waals surface area (Å²) in [5, 5.41) is 2.87. The Labute approximate surface area is 189 Å². The van der Waals surface area contributed by atoms with Crippen LogP contribution < -0.4 is 5.32 Å². The van der Waals surface area contributed by atoms with Crippen molar-refractivity contribution in [3.05, 3.63) is 71.5 Å². The van der Waals surface area contributed by atoms with Crippen LogP contribution in [0.4, 0.5) is 4.39 Å². The Hall–Kier alpha value is -2.78. The highest BCUT2D eigenvalue weighted by atomic mass is 32.2. The van der Waals surface area contributed by atoms with Gasteiger partial charge in [-0.2, -0.15) is 4.31 Å². The number of rotatable bonds is 11. The quantitative estimate of drug-likeness (QED) is 0.519. The average molecular weight is 464 g/mol. The topological polar surface area (TPSA) is 86.8 Å². The lowest BCUT2D eigenvalue weighted by molar-refractivity contribution is -0.141. The molecule has 2 amide bonds. The normalized spacial score (nSPS) is 12.4. The third-order valence-electron chi connectivity index (χ3n) is 5.02. The maximum absolute atomic E-state index is 13.4. The molecule has 0 radical (unpaired) electrons. The van der Waals surface area contributed by atoms with Crippen molar-refractivity contribution in [2.75, 3.05) is 26.4 Å². The zero-order valence-electron chi connectivity index (χ0n) is 18.6. The Bertz CT molecular complexity index is 998. The number of likely N-dealkylation sites (N-methyl/N-ethyl adjacent to an activating group) is 1. The van der Waals surface area contributed by atoms with Crippen LogP contribution in [0.5, 0.6) is 0 Å². The smallest absolute Gasteiger partial charge is 0.247 e. The van der Waals surface area contributed by atoms with E-state index < -0.39 is 34.3 Å². The van der Waals surface area contributed by atoms with E-state index in [1.807, 2.05) is 6.92 Å². The molecule has 0 saturated heterocycles. The minimum Gasteiger partial charge on any atom is -0.354 e. The number of nitrogens with one attached hydrogen (secondary N) is 1. The van der Waals surface area contributed by atoms with Gasteiger partial charge in [0, 0.05) is 20.1 Å². The molecule has 9 heteroatoms. The average Bonchev–Trinajstić information content (AvgIpc) is 2.75. The molecule has 32 heavy (non-hydrogen) atoms. The van der Waals surface area contributed by atoms with Gasteiger partial charge in [-0.05, 0) is 29.7 Å². The second-order valence-electron chi connectivity index (χ2n) is 7.62. The van der Waals surface area contributed by atoms with Gasteiger partial charge in [-0.3, -0.25) is 9.59 Å². The van der Waals surface area contributed by atoms with Crippen molar-refractivity contribution >= 4 is 21.8 Å². The second-order valence-corrected chi connectivity index (χ2v) is 9.71. The molecular weight excluding hydrogens is 433 g/mol. The Balaban J connectivity index is 2.45. The third-order valence-corrected chi connectivity index (χ3v) is 6.28. The third kappa shape index (κ3) is 7.42. The number of sulfonamides is 1. The van der Waals surface area contributed by atoms with Crippen molar-refractivity contribution < 1.29 is 22.4 Å². The summed E-state index contributed by atoms with van der Waals surface area (Å²) in [7, 11) is -2.29. The summed E-state index contributed by atoms with van der Waals surface area (Å²) in [6.45, 7) is 2.05. The Morgan fingerprint density at radius 3 is 2.25 bits per heavy atom. The number of halogens is 1. The summed E-state index contributed by atoms with van der Waals surface area (Å²) in [6.07, 6.45) is 2.69. The van der Waals surface area contributed by atoms with E-state index in [-0.39, 0.29) is 12.5 Å². The van der Waals surface area contributed by atoms with Crippen molar-refractivity contribution in [1.29, 1.82) is 0 Å². The van der Waals surface area contributed by atoms with Crippen LogP contribution in [0.1, 0.15) is 36.9 Å². The van der Waals surface area contributed by atoms with Gasteiger partial charge < -0.3 is 10.2 Å². The summed E-state index contributed by atoms with van der Waals surface area (Å²) in [5.41, 5.74) is 1.21. The van der Waals surface area contributed by atoms with Crippen molar-refractivity contribution in [3.8, 4) is 0 Å². The van der Waals surface area contributed by atoms with Crippen LogP contribution in [0.25, 0.3) is 0 Å². The van der Waals surface area contributed by atoms with E-state index in [2.05, 4.69) is 5.32 Å². The lowest BCUT2D eigenvalue weighted by atomic mass is 10.0. The van der Waals surface area contributed by atoms with Crippen molar-refractivity contribution in [2.24, 2.45) is 0 Å². The lowest BCUT2D eigenvalue weighted by Crippen LogP contribution is -2.47. The molecule has 0 unspecified atom stereocenters. The first-order valence-corrected chi connectivity index (χ1v) is 12.3. The van der Waals surface area contributed by atoms with E-state index in [9.17, 15) is 22.4 Å². The van der Waals surface area contributed by atoms with Gasteiger partial charge in [0.25, 0.3) is 0 Å². The van der Waals surface area contributed by atoms with E-state index in [4.69, 9.17) is 0 Å². The Morgan fingerprint density at radius 2 is 1.69 bits per heavy atom. The molecule has 0 saturated carbocycles. The van der Waals surface area contributed by atoms with E-state index in [0.29, 0.717) is 17.7 Å². The molecule has 0 heterocycles. The van der Waals surface area contributed by atoms with Crippen LogP contribution in [0, 0.1) is 5.82 Å². The molecule has 7 nitrogen and oxygen atoms in total. The highest BCUT2D eigenvalue weighted by Gasteiger charge is 2.32. The molecule has 1 N–H and O–H groups in total. The molecular formula is C23H30FN3O4S. The molecule has 2 aromatic rings. The molecule has 0 aliphatic carbocycles. The monoisotopic (exact) mass is 463 g/mol. The van der Waals surface area contributed by atoms with Crippen molar-refractivity contribution in [3.63, 3.8) is 0 Å². The standard InChI is InChI=1S/C23H30FN3O4S/c1-4-5-15-25-23(29)22(19-9-7-6-8-10-19)27(16-18-11-13-20(24)14-12-18)21(28)17-26(2)32(3,30)31/h6-14,22H,4-5,15-17H2,1-3H3,(H,25,29)/t22-/m1/s1. The van der Waals surface area contributed by atoms with Crippen LogP contribution in [-0.2, 0) is 26.2 Å². The van der Waals surface area contributed by atoms with E-state index in [1.54, 1.807) is 30.3 Å². The van der Waals surface area contributed by atoms with Crippen molar-refractivity contribution in [2.45, 2.75) is 32.4 Å². The predicted octanol–water partition coefficient (Wildman–Crippen LogP) is 2.70. The van der Waals surface area contributed by atoms with Gasteiger partial charge in [0.15, 0.2) is 0 Å². The van der Waals surface area contributed by atoms with Crippen molar-refractivity contribution in [1.82, 2.24) is 14.5 Å². The minimum atomic E-state index is -3.60. The van der Waals surface area contributed by atoms with Crippen LogP contribution in [0.3, 0.4) is 0 Å². The number of amides is 2. The molecule has 0 bridgehead atoms. The van der Waals surface area contributed by atoms with Crippen LogP contribution in [-0.4, -0.2) is 55.8 Å². The SMILES string of the molecule is CCCCNC(=O)[C@@H](c1ccccc1)N(Cc1ccc(F)cc1)C(=O)CN(C)S(C)(=O)=O. The number of unbranched alkanes of at least 4 members (excludes halogenated alkanes) is 1. The largest absolute Gasteiger partial charge is 0.354 e. The number of benzene rings is 2. The first-order valence-electron chi connectivity index (χ1n) is 10.4. The molecule has 2 rings (SSSR count). The Morgan fingerprint density at radius 1 is 1.06 bits per heavy atom. The minimum absolute atomic E-state index is 0.0114. The summed E-state index contributed by atoms with van der Waals surface area (Å²) in [6, 6.07) is 13.5. The number of hydrogen-bond donors (Lipinski definition) is 1. The number of carbonyl (C=O) groups excluding carboxylic acids is 2. The van der Waals surface area contributed by atoms with Crippen LogP contribution >= 0.6 is 0 Å². The maximum atomic E-state index is 13.4. The van der Waals surface area contributed by atoms with E-state index in [0.717, 1.165) is 23.4 Å². The second kappa shape index (κ2) is 11.7. The number of carbonyl (C=O) groups is 2. The first kappa shape index (κ1) is 25.5. The molecule has 2 aromatic carbocycles. The molecule has 0 spiro atoms. The zero-order chi connectivity index (χ0) is 23.7. The number of hydrogen-bond acceptors (Lipinski definition) is 4. The molecule has 174 valence electrons. The Kier molecular flexibility index (Phi) is 9.34. The highest BCUT2D eigenvalue weighted by molar-refractivity contribution is 7.88.